The number of fused-ring (bicyclic) bond motifs is 2. The van der Waals surface area contributed by atoms with Crippen LogP contribution in [0.5, 0.6) is 6.01 Å². The standard InChI is InChI=1S/C37H43F3N8O2/c1-25-6-3-7-26-8-4-9-32(34(25)26)46-15-12-30-31(22-46)42-36(50-23-29-18-37(39,40)24-44(29)2)43-35(30)47-16-17-48(28(21-47)11-13-41)33(49)10-5-14-45-19-27(38)20-45/h3-10,27-29H,11-12,14-24H2,1-2H3/b10-5+/t28-,29-/m0/s1. The zero-order valence-corrected chi connectivity index (χ0v) is 28.6. The first kappa shape index (κ1) is 34.1. The van der Waals surface area contributed by atoms with E-state index in [1.54, 1.807) is 22.9 Å². The van der Waals surface area contributed by atoms with E-state index in [-0.39, 0.29) is 44.0 Å². The lowest BCUT2D eigenvalue weighted by Gasteiger charge is -2.42. The number of nitrogens with zero attached hydrogens (tertiary/aromatic N) is 8. The molecule has 13 heteroatoms. The highest BCUT2D eigenvalue weighted by Crippen LogP contribution is 2.36. The van der Waals surface area contributed by atoms with Crippen LogP contribution in [0.4, 0.5) is 24.7 Å². The van der Waals surface area contributed by atoms with Crippen molar-refractivity contribution in [3.63, 3.8) is 0 Å². The van der Waals surface area contributed by atoms with Crippen LogP contribution in [0.2, 0.25) is 0 Å². The van der Waals surface area contributed by atoms with Gasteiger partial charge in [-0.3, -0.25) is 14.6 Å². The molecule has 0 spiro atoms. The topological polar surface area (TPSA) is 92.1 Å². The number of anilines is 2. The summed E-state index contributed by atoms with van der Waals surface area (Å²) >= 11 is 0. The number of ether oxygens (including phenoxy) is 1. The lowest BCUT2D eigenvalue weighted by Crippen LogP contribution is -2.55. The van der Waals surface area contributed by atoms with Crippen LogP contribution in [-0.4, -0.2) is 121 Å². The summed E-state index contributed by atoms with van der Waals surface area (Å²) in [5, 5.41) is 12.1. The third-order valence-electron chi connectivity index (χ3n) is 10.4. The number of nitriles is 1. The Labute approximate surface area is 290 Å². The Morgan fingerprint density at radius 1 is 1.08 bits per heavy atom. The number of benzene rings is 2. The molecule has 4 aliphatic heterocycles. The van der Waals surface area contributed by atoms with E-state index < -0.39 is 18.1 Å². The fourth-order valence-corrected chi connectivity index (χ4v) is 7.78. The SMILES string of the molecule is Cc1cccc2cccc(N3CCc4c(nc(OC[C@@H]5CC(F)(F)CN5C)nc4N4CCN(C(=O)/C=C/CN5CC(F)C5)[C@@H](CC#N)C4)C3)c12. The molecular formula is C37H43F3N8O2. The molecule has 0 saturated carbocycles. The summed E-state index contributed by atoms with van der Waals surface area (Å²) in [7, 11) is 1.67. The van der Waals surface area contributed by atoms with Crippen LogP contribution >= 0.6 is 0 Å². The normalized spacial score (nSPS) is 22.9. The number of rotatable bonds is 9. The maximum Gasteiger partial charge on any atom is 0.318 e. The molecule has 10 nitrogen and oxygen atoms in total. The van der Waals surface area contributed by atoms with E-state index in [9.17, 15) is 23.2 Å². The number of carbonyl (C=O) groups is 1. The number of aryl methyl sites for hydroxylation is 1. The van der Waals surface area contributed by atoms with Crippen molar-refractivity contribution in [3.8, 4) is 12.1 Å². The van der Waals surface area contributed by atoms with E-state index in [0.717, 1.165) is 28.9 Å². The molecule has 50 heavy (non-hydrogen) atoms. The van der Waals surface area contributed by atoms with Crippen molar-refractivity contribution in [1.82, 2.24) is 24.7 Å². The van der Waals surface area contributed by atoms with Gasteiger partial charge in [0, 0.05) is 81.0 Å². The Balaban J connectivity index is 1.15. The number of likely N-dealkylation sites (tertiary alicyclic amines) is 2. The molecule has 4 aliphatic rings. The lowest BCUT2D eigenvalue weighted by molar-refractivity contribution is -0.128. The number of alkyl halides is 3. The highest BCUT2D eigenvalue weighted by Gasteiger charge is 2.43. The van der Waals surface area contributed by atoms with Gasteiger partial charge in [-0.2, -0.15) is 15.2 Å². The molecule has 1 aromatic heterocycles. The number of halogens is 3. The van der Waals surface area contributed by atoms with Crippen LogP contribution in [0.25, 0.3) is 10.8 Å². The van der Waals surface area contributed by atoms with Crippen LogP contribution in [0.15, 0.2) is 48.6 Å². The van der Waals surface area contributed by atoms with Gasteiger partial charge in [-0.1, -0.05) is 36.4 Å². The zero-order valence-electron chi connectivity index (χ0n) is 28.6. The summed E-state index contributed by atoms with van der Waals surface area (Å²) in [6.07, 6.45) is 3.02. The molecule has 0 unspecified atom stereocenters. The predicted molar refractivity (Wildman–Crippen MR) is 185 cm³/mol. The van der Waals surface area contributed by atoms with E-state index >= 15 is 0 Å². The first-order chi connectivity index (χ1) is 24.1. The summed E-state index contributed by atoms with van der Waals surface area (Å²) in [4.78, 5) is 32.7. The summed E-state index contributed by atoms with van der Waals surface area (Å²) in [6.45, 7) is 5.64. The molecule has 3 aromatic rings. The van der Waals surface area contributed by atoms with Crippen LogP contribution in [0.3, 0.4) is 0 Å². The van der Waals surface area contributed by atoms with Gasteiger partial charge in [-0.05, 0) is 37.4 Å². The monoisotopic (exact) mass is 688 g/mol. The fraction of sp³-hybridized carbons (Fsp3) is 0.514. The third kappa shape index (κ3) is 7.09. The number of likely N-dealkylation sites (N-methyl/N-ethyl adjacent to an activating group) is 1. The molecule has 5 heterocycles. The third-order valence-corrected chi connectivity index (χ3v) is 10.4. The van der Waals surface area contributed by atoms with Crippen molar-refractivity contribution in [2.45, 2.75) is 56.9 Å². The molecule has 2 atom stereocenters. The van der Waals surface area contributed by atoms with Crippen molar-refractivity contribution in [2.75, 3.05) is 75.8 Å². The Morgan fingerprint density at radius 3 is 2.62 bits per heavy atom. The molecule has 264 valence electrons. The summed E-state index contributed by atoms with van der Waals surface area (Å²) in [5.41, 5.74) is 4.11. The van der Waals surface area contributed by atoms with E-state index in [1.165, 1.54) is 17.0 Å². The predicted octanol–water partition coefficient (Wildman–Crippen LogP) is 4.36. The summed E-state index contributed by atoms with van der Waals surface area (Å²) < 4.78 is 47.6. The number of amides is 1. The molecule has 1 amide bonds. The Kier molecular flexibility index (Phi) is 9.59. The molecular weight excluding hydrogens is 645 g/mol. The maximum atomic E-state index is 14.2. The second kappa shape index (κ2) is 14.1. The van der Waals surface area contributed by atoms with Gasteiger partial charge in [-0.15, -0.1) is 0 Å². The van der Waals surface area contributed by atoms with Gasteiger partial charge in [0.2, 0.25) is 5.91 Å². The van der Waals surface area contributed by atoms with E-state index in [0.29, 0.717) is 58.1 Å². The molecule has 7 rings (SSSR count). The molecule has 0 N–H and O–H groups in total. The van der Waals surface area contributed by atoms with Gasteiger partial charge in [0.1, 0.15) is 18.6 Å². The van der Waals surface area contributed by atoms with Gasteiger partial charge < -0.3 is 19.4 Å². The lowest BCUT2D eigenvalue weighted by atomic mass is 9.99. The number of piperazine rings is 1. The smallest absolute Gasteiger partial charge is 0.318 e. The maximum absolute atomic E-state index is 14.2. The van der Waals surface area contributed by atoms with E-state index in [4.69, 9.17) is 14.7 Å². The van der Waals surface area contributed by atoms with Crippen LogP contribution in [0.1, 0.15) is 29.7 Å². The summed E-state index contributed by atoms with van der Waals surface area (Å²) in [5.74, 6) is -2.24. The van der Waals surface area contributed by atoms with Crippen LogP contribution in [0, 0.1) is 18.3 Å². The van der Waals surface area contributed by atoms with Crippen molar-refractivity contribution in [2.24, 2.45) is 0 Å². The Morgan fingerprint density at radius 2 is 1.88 bits per heavy atom. The molecule has 0 aliphatic carbocycles. The Bertz CT molecular complexity index is 1800. The van der Waals surface area contributed by atoms with E-state index in [2.05, 4.69) is 59.2 Å². The molecule has 2 aromatic carbocycles. The highest BCUT2D eigenvalue weighted by molar-refractivity contribution is 5.97. The van der Waals surface area contributed by atoms with Gasteiger partial charge in [0.05, 0.1) is 37.3 Å². The van der Waals surface area contributed by atoms with Gasteiger partial charge >= 0.3 is 6.01 Å². The molecule has 3 fully saturated rings. The number of hydrogen-bond acceptors (Lipinski definition) is 9. The molecule has 0 bridgehead atoms. The first-order valence-corrected chi connectivity index (χ1v) is 17.4. The van der Waals surface area contributed by atoms with Crippen molar-refractivity contribution >= 4 is 28.2 Å². The van der Waals surface area contributed by atoms with Crippen molar-refractivity contribution in [3.05, 3.63) is 65.4 Å². The summed E-state index contributed by atoms with van der Waals surface area (Å²) in [6, 6.07) is 14.2. The molecule has 0 radical (unpaired) electrons. The van der Waals surface area contributed by atoms with Crippen LogP contribution < -0.4 is 14.5 Å². The largest absolute Gasteiger partial charge is 0.462 e. The van der Waals surface area contributed by atoms with Gasteiger partial charge in [0.15, 0.2) is 0 Å². The molecule has 3 saturated heterocycles. The van der Waals surface area contributed by atoms with Crippen LogP contribution in [-0.2, 0) is 17.8 Å². The minimum atomic E-state index is -2.77. The van der Waals surface area contributed by atoms with E-state index in [1.807, 2.05) is 4.90 Å². The minimum Gasteiger partial charge on any atom is -0.462 e. The number of carbonyl (C=O) groups excluding carboxylic acids is 1. The average molecular weight is 689 g/mol. The fourth-order valence-electron chi connectivity index (χ4n) is 7.78. The minimum absolute atomic E-state index is 0.0334. The second-order valence-electron chi connectivity index (χ2n) is 14.0. The van der Waals surface area contributed by atoms with Crippen molar-refractivity contribution in [1.29, 1.82) is 5.26 Å². The highest BCUT2D eigenvalue weighted by atomic mass is 19.3. The Hall–Kier alpha value is -4.41. The second-order valence-corrected chi connectivity index (χ2v) is 14.0. The quantitative estimate of drug-likeness (QED) is 0.304. The number of hydrogen-bond donors (Lipinski definition) is 0. The first-order valence-electron chi connectivity index (χ1n) is 17.4. The van der Waals surface area contributed by atoms with Gasteiger partial charge in [0.25, 0.3) is 5.92 Å². The van der Waals surface area contributed by atoms with Gasteiger partial charge in [-0.25, -0.2) is 13.2 Å². The average Bonchev–Trinajstić information content (AvgIpc) is 3.36. The zero-order chi connectivity index (χ0) is 35.0. The number of aromatic nitrogens is 2. The van der Waals surface area contributed by atoms with Crippen molar-refractivity contribution < 1.29 is 22.7 Å².